The van der Waals surface area contributed by atoms with Crippen LogP contribution in [-0.4, -0.2) is 9.97 Å². The van der Waals surface area contributed by atoms with E-state index >= 15 is 0 Å². The van der Waals surface area contributed by atoms with Gasteiger partial charge in [0.1, 0.15) is 5.82 Å². The number of aromatic amines is 1. The molecule has 1 fully saturated rings. The van der Waals surface area contributed by atoms with E-state index in [1.807, 2.05) is 12.4 Å². The lowest BCUT2D eigenvalue weighted by Gasteiger charge is -2.12. The van der Waals surface area contributed by atoms with Gasteiger partial charge in [-0.1, -0.05) is 29.8 Å². The van der Waals surface area contributed by atoms with E-state index in [1.165, 1.54) is 24.0 Å². The van der Waals surface area contributed by atoms with Crippen molar-refractivity contribution >= 4 is 0 Å². The van der Waals surface area contributed by atoms with E-state index in [0.717, 1.165) is 5.82 Å². The van der Waals surface area contributed by atoms with Crippen molar-refractivity contribution in [1.82, 2.24) is 9.97 Å². The molecular formula is C13H14N2. The van der Waals surface area contributed by atoms with Gasteiger partial charge >= 0.3 is 0 Å². The quantitative estimate of drug-likeness (QED) is 0.789. The van der Waals surface area contributed by atoms with Gasteiger partial charge in [-0.15, -0.1) is 0 Å². The van der Waals surface area contributed by atoms with E-state index in [-0.39, 0.29) is 5.41 Å². The molecule has 1 aliphatic carbocycles. The predicted octanol–water partition coefficient (Wildman–Crippen LogP) is 2.80. The molecule has 0 amide bonds. The zero-order valence-corrected chi connectivity index (χ0v) is 8.83. The summed E-state index contributed by atoms with van der Waals surface area (Å²) < 4.78 is 0. The second-order valence-corrected chi connectivity index (χ2v) is 4.39. The number of nitrogens with one attached hydrogen (secondary N) is 1. The van der Waals surface area contributed by atoms with Crippen molar-refractivity contribution < 1.29 is 0 Å². The van der Waals surface area contributed by atoms with E-state index in [2.05, 4.69) is 41.2 Å². The topological polar surface area (TPSA) is 28.7 Å². The Morgan fingerprint density at radius 2 is 1.93 bits per heavy atom. The summed E-state index contributed by atoms with van der Waals surface area (Å²) in [7, 11) is 0. The van der Waals surface area contributed by atoms with Crippen molar-refractivity contribution in [1.29, 1.82) is 0 Å². The first-order valence-electron chi connectivity index (χ1n) is 5.38. The summed E-state index contributed by atoms with van der Waals surface area (Å²) in [5.74, 6) is 1.12. The van der Waals surface area contributed by atoms with Gasteiger partial charge in [0.05, 0.1) is 5.41 Å². The molecule has 3 rings (SSSR count). The van der Waals surface area contributed by atoms with Crippen molar-refractivity contribution in [2.24, 2.45) is 0 Å². The van der Waals surface area contributed by atoms with Crippen molar-refractivity contribution in [3.05, 3.63) is 53.6 Å². The van der Waals surface area contributed by atoms with Crippen LogP contribution in [-0.2, 0) is 5.41 Å². The first-order valence-corrected chi connectivity index (χ1v) is 5.38. The van der Waals surface area contributed by atoms with E-state index < -0.39 is 0 Å². The van der Waals surface area contributed by atoms with Gasteiger partial charge in [-0.05, 0) is 25.3 Å². The first kappa shape index (κ1) is 8.72. The third-order valence-electron chi connectivity index (χ3n) is 3.31. The van der Waals surface area contributed by atoms with Gasteiger partial charge in [-0.2, -0.15) is 0 Å². The van der Waals surface area contributed by atoms with Gasteiger partial charge in [0.2, 0.25) is 0 Å². The van der Waals surface area contributed by atoms with Crippen LogP contribution in [0.3, 0.4) is 0 Å². The molecule has 0 radical (unpaired) electrons. The number of benzene rings is 1. The summed E-state index contributed by atoms with van der Waals surface area (Å²) in [6.45, 7) is 2.12. The third kappa shape index (κ3) is 1.29. The van der Waals surface area contributed by atoms with Crippen molar-refractivity contribution in [3.8, 4) is 0 Å². The Bertz CT molecular complexity index is 450. The second kappa shape index (κ2) is 2.96. The summed E-state index contributed by atoms with van der Waals surface area (Å²) in [6.07, 6.45) is 6.17. The minimum absolute atomic E-state index is 0.192. The first-order chi connectivity index (χ1) is 7.31. The summed E-state index contributed by atoms with van der Waals surface area (Å²) >= 11 is 0. The van der Waals surface area contributed by atoms with Crippen LogP contribution < -0.4 is 0 Å². The third-order valence-corrected chi connectivity index (χ3v) is 3.31. The summed E-state index contributed by atoms with van der Waals surface area (Å²) in [5.41, 5.74) is 2.90. The zero-order chi connectivity index (χ0) is 10.3. The average Bonchev–Trinajstić information content (AvgIpc) is 2.88. The van der Waals surface area contributed by atoms with E-state index in [4.69, 9.17) is 0 Å². The normalized spacial score (nSPS) is 17.7. The van der Waals surface area contributed by atoms with Crippen LogP contribution in [0.4, 0.5) is 0 Å². The maximum Gasteiger partial charge on any atom is 0.116 e. The number of rotatable bonds is 2. The average molecular weight is 198 g/mol. The lowest BCUT2D eigenvalue weighted by molar-refractivity contribution is 0.773. The zero-order valence-electron chi connectivity index (χ0n) is 8.83. The number of hydrogen-bond donors (Lipinski definition) is 1. The highest BCUT2D eigenvalue weighted by Crippen LogP contribution is 2.51. The molecule has 2 nitrogen and oxygen atoms in total. The van der Waals surface area contributed by atoms with Gasteiger partial charge in [0, 0.05) is 12.4 Å². The molecule has 76 valence electrons. The summed E-state index contributed by atoms with van der Waals surface area (Å²) in [6, 6.07) is 8.81. The highest BCUT2D eigenvalue weighted by Gasteiger charge is 2.47. The molecule has 2 heteroatoms. The van der Waals surface area contributed by atoms with E-state index in [0.29, 0.717) is 0 Å². The van der Waals surface area contributed by atoms with Crippen LogP contribution in [0.15, 0.2) is 36.7 Å². The fourth-order valence-electron chi connectivity index (χ4n) is 2.19. The van der Waals surface area contributed by atoms with E-state index in [9.17, 15) is 0 Å². The number of H-pyrrole nitrogens is 1. The molecule has 0 atom stereocenters. The lowest BCUT2D eigenvalue weighted by atomic mass is 9.94. The standard InChI is InChI=1S/C13H14N2/c1-10-2-4-11(5-3-10)13(6-7-13)12-14-8-9-15-12/h2-5,8-9H,6-7H2,1H3,(H,14,15). The molecule has 1 heterocycles. The van der Waals surface area contributed by atoms with Crippen LogP contribution in [0.2, 0.25) is 0 Å². The van der Waals surface area contributed by atoms with Crippen molar-refractivity contribution in [3.63, 3.8) is 0 Å². The summed E-state index contributed by atoms with van der Waals surface area (Å²) in [5, 5.41) is 0. The van der Waals surface area contributed by atoms with E-state index in [1.54, 1.807) is 0 Å². The largest absolute Gasteiger partial charge is 0.348 e. The highest BCUT2D eigenvalue weighted by molar-refractivity contribution is 5.40. The minimum atomic E-state index is 0.192. The Morgan fingerprint density at radius 1 is 1.20 bits per heavy atom. The van der Waals surface area contributed by atoms with Gasteiger partial charge in [0.25, 0.3) is 0 Å². The molecule has 1 aliphatic rings. The number of nitrogens with zero attached hydrogens (tertiary/aromatic N) is 1. The predicted molar refractivity (Wildman–Crippen MR) is 59.8 cm³/mol. The smallest absolute Gasteiger partial charge is 0.116 e. The Balaban J connectivity index is 2.04. The Labute approximate surface area is 89.4 Å². The maximum atomic E-state index is 4.39. The molecule has 1 aromatic carbocycles. The second-order valence-electron chi connectivity index (χ2n) is 4.39. The SMILES string of the molecule is Cc1ccc(C2(c3ncc[nH]3)CC2)cc1. The molecule has 0 bridgehead atoms. The molecule has 0 unspecified atom stereocenters. The van der Waals surface area contributed by atoms with Crippen LogP contribution in [0, 0.1) is 6.92 Å². The maximum absolute atomic E-state index is 4.39. The fourth-order valence-corrected chi connectivity index (χ4v) is 2.19. The van der Waals surface area contributed by atoms with Gasteiger partial charge < -0.3 is 4.98 Å². The molecule has 1 N–H and O–H groups in total. The molecule has 0 aliphatic heterocycles. The van der Waals surface area contributed by atoms with Gasteiger partial charge in [-0.3, -0.25) is 0 Å². The van der Waals surface area contributed by atoms with Gasteiger partial charge in [-0.25, -0.2) is 4.98 Å². The molecule has 0 spiro atoms. The van der Waals surface area contributed by atoms with Crippen molar-refractivity contribution in [2.75, 3.05) is 0 Å². The van der Waals surface area contributed by atoms with Crippen molar-refractivity contribution in [2.45, 2.75) is 25.2 Å². The minimum Gasteiger partial charge on any atom is -0.348 e. The van der Waals surface area contributed by atoms with Crippen LogP contribution in [0.5, 0.6) is 0 Å². The number of aromatic nitrogens is 2. The van der Waals surface area contributed by atoms with Gasteiger partial charge in [0.15, 0.2) is 0 Å². The molecule has 1 saturated carbocycles. The molecular weight excluding hydrogens is 184 g/mol. The summed E-state index contributed by atoms with van der Waals surface area (Å²) in [4.78, 5) is 7.64. The Morgan fingerprint density at radius 3 is 2.47 bits per heavy atom. The Kier molecular flexibility index (Phi) is 1.72. The van der Waals surface area contributed by atoms with Crippen LogP contribution in [0.1, 0.15) is 29.8 Å². The molecule has 1 aromatic heterocycles. The molecule has 15 heavy (non-hydrogen) atoms. The lowest BCUT2D eigenvalue weighted by Crippen LogP contribution is -2.10. The molecule has 0 saturated heterocycles. The fraction of sp³-hybridized carbons (Fsp3) is 0.308. The number of aryl methyl sites for hydroxylation is 1. The number of imidazole rings is 1. The van der Waals surface area contributed by atoms with Crippen LogP contribution in [0.25, 0.3) is 0 Å². The number of hydrogen-bond acceptors (Lipinski definition) is 1. The molecule has 2 aromatic rings. The van der Waals surface area contributed by atoms with Crippen LogP contribution >= 0.6 is 0 Å². The highest BCUT2D eigenvalue weighted by atomic mass is 14.9. The monoisotopic (exact) mass is 198 g/mol. The Hall–Kier alpha value is -1.57.